The molecule has 0 aromatic carbocycles. The first-order chi connectivity index (χ1) is 9.97. The molecule has 0 aromatic heterocycles. The summed E-state index contributed by atoms with van der Waals surface area (Å²) in [7, 11) is 3.58. The number of nitrogens with zero attached hydrogens (tertiary/aromatic N) is 2. The van der Waals surface area contributed by atoms with Crippen LogP contribution in [0.25, 0.3) is 0 Å². The molecule has 0 spiro atoms. The number of β-lactam (4-membered cyclic amide) rings is 1. The van der Waals surface area contributed by atoms with Crippen molar-refractivity contribution < 1.29 is 18.8 Å². The van der Waals surface area contributed by atoms with E-state index in [2.05, 4.69) is 7.05 Å². The van der Waals surface area contributed by atoms with Gasteiger partial charge in [-0.1, -0.05) is 0 Å². The molecule has 2 fully saturated rings. The normalized spacial score (nSPS) is 31.0. The number of fused-ring (bicyclic) bond motifs is 1. The second kappa shape index (κ2) is 5.30. The van der Waals surface area contributed by atoms with Crippen molar-refractivity contribution >= 4 is 23.6 Å². The number of likely N-dealkylation sites (tertiary alicyclic amines) is 1. The van der Waals surface area contributed by atoms with Crippen molar-refractivity contribution in [2.24, 2.45) is 5.73 Å². The maximum Gasteiger partial charge on any atom is 0.355 e. The molecule has 0 bridgehead atoms. The molecule has 0 radical (unpaired) electrons. The molecule has 1 amide bonds. The molecular formula is C14H22N3O3S+. The summed E-state index contributed by atoms with van der Waals surface area (Å²) < 4.78 is 5.85. The molecule has 2 unspecified atom stereocenters. The van der Waals surface area contributed by atoms with Gasteiger partial charge in [-0.3, -0.25) is 9.69 Å². The van der Waals surface area contributed by atoms with Crippen molar-refractivity contribution in [1.29, 1.82) is 0 Å². The number of likely N-dealkylation sites (N-methyl/N-ethyl adjacent to an activating group) is 1. The van der Waals surface area contributed by atoms with Crippen molar-refractivity contribution in [3.05, 3.63) is 11.3 Å². The first kappa shape index (κ1) is 14.9. The first-order valence-corrected chi connectivity index (χ1v) is 8.36. The maximum atomic E-state index is 12.2. The largest absolute Gasteiger partial charge is 0.464 e. The van der Waals surface area contributed by atoms with Gasteiger partial charge in [0.05, 0.1) is 27.2 Å². The maximum absolute atomic E-state index is 12.2. The number of esters is 1. The minimum absolute atomic E-state index is 0.112. The monoisotopic (exact) mass is 312 g/mol. The van der Waals surface area contributed by atoms with Crippen LogP contribution in [-0.4, -0.2) is 72.2 Å². The molecule has 6 nitrogen and oxygen atoms in total. The Morgan fingerprint density at radius 1 is 1.48 bits per heavy atom. The van der Waals surface area contributed by atoms with Gasteiger partial charge in [0.1, 0.15) is 23.7 Å². The first-order valence-electron chi connectivity index (χ1n) is 7.31. The van der Waals surface area contributed by atoms with Crippen LogP contribution in [0.15, 0.2) is 11.3 Å². The summed E-state index contributed by atoms with van der Waals surface area (Å²) in [6.07, 6.45) is 2.45. The third-order valence-corrected chi connectivity index (χ3v) is 6.05. The lowest BCUT2D eigenvalue weighted by molar-refractivity contribution is -0.893. The number of quaternary nitrogens is 1. The Morgan fingerprint density at radius 3 is 2.76 bits per heavy atom. The molecule has 3 aliphatic rings. The molecule has 0 saturated carbocycles. The Kier molecular flexibility index (Phi) is 3.75. The molecule has 0 aliphatic carbocycles. The van der Waals surface area contributed by atoms with Gasteiger partial charge in [0.25, 0.3) is 0 Å². The number of hydrogen-bond donors (Lipinski definition) is 1. The van der Waals surface area contributed by atoms with Crippen LogP contribution in [0.4, 0.5) is 0 Å². The van der Waals surface area contributed by atoms with Crippen LogP contribution in [-0.2, 0) is 14.3 Å². The van der Waals surface area contributed by atoms with Crippen LogP contribution in [0.5, 0.6) is 0 Å². The van der Waals surface area contributed by atoms with E-state index in [9.17, 15) is 9.59 Å². The van der Waals surface area contributed by atoms with Crippen LogP contribution < -0.4 is 5.73 Å². The molecule has 3 heterocycles. The summed E-state index contributed by atoms with van der Waals surface area (Å²) in [4.78, 5) is 25.7. The zero-order valence-electron chi connectivity index (χ0n) is 12.5. The van der Waals surface area contributed by atoms with E-state index in [4.69, 9.17) is 10.5 Å². The highest BCUT2D eigenvalue weighted by Gasteiger charge is 2.52. The van der Waals surface area contributed by atoms with E-state index < -0.39 is 12.0 Å². The average molecular weight is 312 g/mol. The number of hydrogen-bond acceptors (Lipinski definition) is 5. The molecule has 21 heavy (non-hydrogen) atoms. The minimum atomic E-state index is -0.493. The fourth-order valence-electron chi connectivity index (χ4n) is 3.50. The Bertz CT molecular complexity index is 514. The molecule has 3 rings (SSSR count). The zero-order valence-corrected chi connectivity index (χ0v) is 13.3. The lowest BCUT2D eigenvalue weighted by atomic mass is 10.0. The van der Waals surface area contributed by atoms with E-state index in [1.807, 2.05) is 0 Å². The summed E-state index contributed by atoms with van der Waals surface area (Å²) >= 11 is 1.65. The highest BCUT2D eigenvalue weighted by Crippen LogP contribution is 2.40. The van der Waals surface area contributed by atoms with E-state index in [1.165, 1.54) is 20.0 Å². The van der Waals surface area contributed by atoms with Crippen LogP contribution in [0.3, 0.4) is 0 Å². The van der Waals surface area contributed by atoms with Crippen molar-refractivity contribution in [3.8, 4) is 0 Å². The summed E-state index contributed by atoms with van der Waals surface area (Å²) in [5, 5.41) is -0.112. The van der Waals surface area contributed by atoms with Crippen LogP contribution >= 0.6 is 11.8 Å². The standard InChI is InChI=1S/C14H22N3O3S/c1-17(5-3-4-6-17)7-9-8-21-13-10(15)12(18)16(13)11(9)14(19)20-2/h10,13H,3-8,15H2,1-2H3/q+1. The van der Waals surface area contributed by atoms with E-state index >= 15 is 0 Å². The number of amides is 1. The average Bonchev–Trinajstić information content (AvgIpc) is 2.91. The van der Waals surface area contributed by atoms with Crippen molar-refractivity contribution in [3.63, 3.8) is 0 Å². The van der Waals surface area contributed by atoms with Gasteiger partial charge in [0.15, 0.2) is 0 Å². The van der Waals surface area contributed by atoms with Crippen LogP contribution in [0.2, 0.25) is 0 Å². The van der Waals surface area contributed by atoms with E-state index in [-0.39, 0.29) is 11.3 Å². The number of nitrogens with two attached hydrogens (primary N) is 1. The summed E-state index contributed by atoms with van der Waals surface area (Å²) in [6, 6.07) is -0.493. The summed E-state index contributed by atoms with van der Waals surface area (Å²) in [5.41, 5.74) is 7.29. The lowest BCUT2D eigenvalue weighted by Crippen LogP contribution is -2.68. The second-order valence-corrected chi connectivity index (χ2v) is 7.42. The molecular weight excluding hydrogens is 290 g/mol. The SMILES string of the molecule is COC(=O)C1=C(C[N+]2(C)CCCC2)CSC2C(N)C(=O)N12. The van der Waals surface area contributed by atoms with Gasteiger partial charge in [0, 0.05) is 24.2 Å². The van der Waals surface area contributed by atoms with Gasteiger partial charge < -0.3 is 15.0 Å². The summed E-state index contributed by atoms with van der Waals surface area (Å²) in [6.45, 7) is 3.06. The predicted octanol–water partition coefficient (Wildman–Crippen LogP) is -0.104. The molecule has 7 heteroatoms. The van der Waals surface area contributed by atoms with Gasteiger partial charge in [-0.25, -0.2) is 4.79 Å². The van der Waals surface area contributed by atoms with E-state index in [1.54, 1.807) is 16.7 Å². The number of carbonyl (C=O) groups is 2. The number of carbonyl (C=O) groups excluding carboxylic acids is 2. The molecule has 3 aliphatic heterocycles. The molecule has 2 N–H and O–H groups in total. The van der Waals surface area contributed by atoms with Crippen LogP contribution in [0, 0.1) is 0 Å². The fraction of sp³-hybridized carbons (Fsp3) is 0.714. The van der Waals surface area contributed by atoms with Crippen molar-refractivity contribution in [2.45, 2.75) is 24.3 Å². The molecule has 2 saturated heterocycles. The third-order valence-electron chi connectivity index (χ3n) is 4.69. The second-order valence-electron chi connectivity index (χ2n) is 6.31. The lowest BCUT2D eigenvalue weighted by Gasteiger charge is -2.48. The Hall–Kier alpha value is -1.05. The number of ether oxygens (including phenoxy) is 1. The Morgan fingerprint density at radius 2 is 2.14 bits per heavy atom. The number of thioether (sulfide) groups is 1. The highest BCUT2D eigenvalue weighted by atomic mass is 32.2. The molecule has 2 atom stereocenters. The minimum Gasteiger partial charge on any atom is -0.464 e. The number of methoxy groups -OCH3 is 1. The van der Waals surface area contributed by atoms with Gasteiger partial charge in [-0.05, 0) is 0 Å². The molecule has 0 aromatic rings. The van der Waals surface area contributed by atoms with E-state index in [0.717, 1.165) is 35.4 Å². The molecule has 116 valence electrons. The highest BCUT2D eigenvalue weighted by molar-refractivity contribution is 8.00. The quantitative estimate of drug-likeness (QED) is 0.447. The third kappa shape index (κ3) is 2.37. The van der Waals surface area contributed by atoms with Crippen molar-refractivity contribution in [1.82, 2.24) is 4.90 Å². The van der Waals surface area contributed by atoms with Crippen LogP contribution in [0.1, 0.15) is 12.8 Å². The number of rotatable bonds is 3. The Balaban J connectivity index is 1.91. The zero-order chi connectivity index (χ0) is 15.2. The van der Waals surface area contributed by atoms with E-state index in [0.29, 0.717) is 5.70 Å². The predicted molar refractivity (Wildman–Crippen MR) is 80.1 cm³/mol. The smallest absolute Gasteiger partial charge is 0.355 e. The Labute approximate surface area is 128 Å². The van der Waals surface area contributed by atoms with Crippen molar-refractivity contribution in [2.75, 3.05) is 39.5 Å². The fourth-order valence-corrected chi connectivity index (χ4v) is 4.79. The van der Waals surface area contributed by atoms with Gasteiger partial charge >= 0.3 is 5.97 Å². The summed E-state index contributed by atoms with van der Waals surface area (Å²) in [5.74, 6) is 0.163. The topological polar surface area (TPSA) is 72.6 Å². The van der Waals surface area contributed by atoms with Gasteiger partial charge in [-0.2, -0.15) is 0 Å². The van der Waals surface area contributed by atoms with Gasteiger partial charge in [0.2, 0.25) is 5.91 Å². The van der Waals surface area contributed by atoms with Gasteiger partial charge in [-0.15, -0.1) is 11.8 Å².